The normalized spacial score (nSPS) is 11.6. The Morgan fingerprint density at radius 3 is 2.35 bits per heavy atom. The van der Waals surface area contributed by atoms with Gasteiger partial charge in [-0.05, 0) is 12.3 Å². The number of nitrogens with two attached hydrogens (primary N) is 1. The second-order valence-corrected chi connectivity index (χ2v) is 3.85. The van der Waals surface area contributed by atoms with Crippen LogP contribution in [0, 0.1) is 11.7 Å². The monoisotopic (exact) mass is 245 g/mol. The lowest BCUT2D eigenvalue weighted by Crippen LogP contribution is -2.23. The summed E-state index contributed by atoms with van der Waals surface area (Å²) in [7, 11) is 0. The van der Waals surface area contributed by atoms with Crippen molar-refractivity contribution in [2.45, 2.75) is 26.3 Å². The van der Waals surface area contributed by atoms with E-state index in [4.69, 9.17) is 5.73 Å². The molecule has 0 aliphatic rings. The summed E-state index contributed by atoms with van der Waals surface area (Å²) in [5, 5.41) is 0. The van der Waals surface area contributed by atoms with E-state index in [9.17, 15) is 18.8 Å². The Morgan fingerprint density at radius 2 is 2.06 bits per heavy atom. The second kappa shape index (κ2) is 7.50. The molecule has 0 amide bonds. The Kier molecular flexibility index (Phi) is 6.73. The number of aromatic nitrogens is 2. The van der Waals surface area contributed by atoms with Crippen LogP contribution in [-0.4, -0.2) is 22.3 Å². The predicted octanol–water partition coefficient (Wildman–Crippen LogP) is -0.239. The van der Waals surface area contributed by atoms with E-state index in [1.807, 2.05) is 18.8 Å². The molecule has 1 aromatic heterocycles. The van der Waals surface area contributed by atoms with E-state index in [1.54, 1.807) is 4.98 Å². The fraction of sp³-hybridized carbons (Fsp3) is 0.500. The van der Waals surface area contributed by atoms with Gasteiger partial charge in [-0.1, -0.05) is 13.8 Å². The highest BCUT2D eigenvalue weighted by Crippen LogP contribution is 1.99. The van der Waals surface area contributed by atoms with Crippen molar-refractivity contribution in [2.75, 3.05) is 0 Å². The number of aromatic amines is 2. The smallest absolute Gasteiger partial charge is 0.322 e. The minimum absolute atomic E-state index is 0.255. The van der Waals surface area contributed by atoms with Gasteiger partial charge in [0.05, 0.1) is 6.04 Å². The standard InChI is InChI=1S/C6H13NO.C4H3FN2O2/c1-5(2)3-6(7)4-8;5-2-1-6-4(9)7-3(2)8/h4-6H,3,7H2,1-2H3;1H,(H2,6,7,8,9)/t6-;/m0./s1. The van der Waals surface area contributed by atoms with E-state index >= 15 is 0 Å². The van der Waals surface area contributed by atoms with Crippen LogP contribution in [0.15, 0.2) is 15.8 Å². The molecule has 1 heterocycles. The fourth-order valence-electron chi connectivity index (χ4n) is 0.993. The first kappa shape index (κ1) is 15.2. The highest BCUT2D eigenvalue weighted by molar-refractivity contribution is 5.56. The van der Waals surface area contributed by atoms with Gasteiger partial charge in [-0.2, -0.15) is 4.39 Å². The second-order valence-electron chi connectivity index (χ2n) is 3.85. The highest BCUT2D eigenvalue weighted by Gasteiger charge is 2.01. The number of nitrogens with one attached hydrogen (secondary N) is 2. The number of rotatable bonds is 3. The lowest BCUT2D eigenvalue weighted by atomic mass is 10.1. The minimum atomic E-state index is -1.00. The van der Waals surface area contributed by atoms with Gasteiger partial charge in [0, 0.05) is 6.20 Å². The van der Waals surface area contributed by atoms with E-state index in [-0.39, 0.29) is 6.04 Å². The number of aldehydes is 1. The van der Waals surface area contributed by atoms with E-state index in [0.29, 0.717) is 12.1 Å². The van der Waals surface area contributed by atoms with Gasteiger partial charge in [-0.3, -0.25) is 9.78 Å². The van der Waals surface area contributed by atoms with Gasteiger partial charge in [0.15, 0.2) is 0 Å². The first-order valence-corrected chi connectivity index (χ1v) is 5.05. The molecule has 1 aromatic rings. The summed E-state index contributed by atoms with van der Waals surface area (Å²) in [6, 6.07) is -0.255. The van der Waals surface area contributed by atoms with Gasteiger partial charge < -0.3 is 15.5 Å². The zero-order valence-electron chi connectivity index (χ0n) is 9.70. The van der Waals surface area contributed by atoms with Crippen molar-refractivity contribution in [3.63, 3.8) is 0 Å². The van der Waals surface area contributed by atoms with E-state index in [2.05, 4.69) is 0 Å². The number of carbonyl (C=O) groups excluding carboxylic acids is 1. The van der Waals surface area contributed by atoms with Gasteiger partial charge >= 0.3 is 5.69 Å². The van der Waals surface area contributed by atoms with Crippen molar-refractivity contribution in [3.8, 4) is 0 Å². The molecule has 6 nitrogen and oxygen atoms in total. The van der Waals surface area contributed by atoms with Crippen molar-refractivity contribution >= 4 is 6.29 Å². The third-order valence-corrected chi connectivity index (χ3v) is 1.69. The van der Waals surface area contributed by atoms with Crippen molar-refractivity contribution in [1.82, 2.24) is 9.97 Å². The summed E-state index contributed by atoms with van der Waals surface area (Å²) in [6.45, 7) is 4.09. The largest absolute Gasteiger partial charge is 0.325 e. The summed E-state index contributed by atoms with van der Waals surface area (Å²) < 4.78 is 12.0. The molecule has 0 fully saturated rings. The van der Waals surface area contributed by atoms with Crippen LogP contribution in [0.3, 0.4) is 0 Å². The predicted molar refractivity (Wildman–Crippen MR) is 61.1 cm³/mol. The Morgan fingerprint density at radius 1 is 1.47 bits per heavy atom. The van der Waals surface area contributed by atoms with Gasteiger partial charge in [0.25, 0.3) is 5.56 Å². The number of hydrogen-bond donors (Lipinski definition) is 3. The van der Waals surface area contributed by atoms with Crippen LogP contribution >= 0.6 is 0 Å². The summed E-state index contributed by atoms with van der Waals surface area (Å²) in [5.41, 5.74) is 3.60. The molecule has 0 saturated heterocycles. The van der Waals surface area contributed by atoms with Crippen LogP contribution in [0.5, 0.6) is 0 Å². The highest BCUT2D eigenvalue weighted by atomic mass is 19.1. The SMILES string of the molecule is CC(C)C[C@H](N)C=O.O=c1[nH]cc(F)c(=O)[nH]1. The molecule has 0 aromatic carbocycles. The molecular weight excluding hydrogens is 229 g/mol. The van der Waals surface area contributed by atoms with Crippen LogP contribution in [0.1, 0.15) is 20.3 Å². The lowest BCUT2D eigenvalue weighted by molar-refractivity contribution is -0.109. The number of carbonyl (C=O) groups is 1. The number of H-pyrrole nitrogens is 2. The molecule has 4 N–H and O–H groups in total. The molecule has 96 valence electrons. The number of hydrogen-bond acceptors (Lipinski definition) is 4. The van der Waals surface area contributed by atoms with E-state index < -0.39 is 17.1 Å². The molecule has 7 heteroatoms. The van der Waals surface area contributed by atoms with Gasteiger partial charge in [0.1, 0.15) is 6.29 Å². The topological polar surface area (TPSA) is 109 Å². The molecule has 0 aliphatic carbocycles. The van der Waals surface area contributed by atoms with Crippen molar-refractivity contribution < 1.29 is 9.18 Å². The molecule has 0 aliphatic heterocycles. The molecule has 0 saturated carbocycles. The maximum atomic E-state index is 12.0. The Hall–Kier alpha value is -1.76. The summed E-state index contributed by atoms with van der Waals surface area (Å²) >= 11 is 0. The summed E-state index contributed by atoms with van der Waals surface area (Å²) in [4.78, 5) is 33.9. The zero-order chi connectivity index (χ0) is 13.4. The number of halogens is 1. The summed E-state index contributed by atoms with van der Waals surface area (Å²) in [6.07, 6.45) is 2.30. The average molecular weight is 245 g/mol. The molecule has 17 heavy (non-hydrogen) atoms. The first-order valence-electron chi connectivity index (χ1n) is 5.05. The van der Waals surface area contributed by atoms with Crippen molar-refractivity contribution in [1.29, 1.82) is 0 Å². The summed E-state index contributed by atoms with van der Waals surface area (Å²) in [5.74, 6) is -0.468. The van der Waals surface area contributed by atoms with Crippen LogP contribution in [0.25, 0.3) is 0 Å². The van der Waals surface area contributed by atoms with Crippen molar-refractivity contribution in [3.05, 3.63) is 32.9 Å². The zero-order valence-corrected chi connectivity index (χ0v) is 9.70. The Labute approximate surface area is 97.1 Å². The molecule has 1 rings (SSSR count). The van der Waals surface area contributed by atoms with Crippen LogP contribution in [-0.2, 0) is 4.79 Å². The lowest BCUT2D eigenvalue weighted by Gasteiger charge is -2.04. The average Bonchev–Trinajstić information content (AvgIpc) is 2.24. The molecular formula is C10H16FN3O3. The van der Waals surface area contributed by atoms with Gasteiger partial charge in [-0.25, -0.2) is 4.79 Å². The first-order chi connectivity index (χ1) is 7.86. The van der Waals surface area contributed by atoms with Crippen molar-refractivity contribution in [2.24, 2.45) is 11.7 Å². The molecule has 1 atom stereocenters. The maximum Gasteiger partial charge on any atom is 0.325 e. The van der Waals surface area contributed by atoms with Crippen LogP contribution < -0.4 is 17.0 Å². The van der Waals surface area contributed by atoms with Gasteiger partial charge in [-0.15, -0.1) is 0 Å². The molecule has 0 bridgehead atoms. The van der Waals surface area contributed by atoms with Crippen LogP contribution in [0.4, 0.5) is 4.39 Å². The Balaban J connectivity index is 0.000000304. The molecule has 0 spiro atoms. The fourth-order valence-corrected chi connectivity index (χ4v) is 0.993. The maximum absolute atomic E-state index is 12.0. The molecule has 0 radical (unpaired) electrons. The quantitative estimate of drug-likeness (QED) is 0.638. The third kappa shape index (κ3) is 7.18. The van der Waals surface area contributed by atoms with E-state index in [0.717, 1.165) is 12.7 Å². The van der Waals surface area contributed by atoms with Crippen LogP contribution in [0.2, 0.25) is 0 Å². The Bertz CT molecular complexity index is 453. The van der Waals surface area contributed by atoms with E-state index in [1.165, 1.54) is 0 Å². The van der Waals surface area contributed by atoms with Gasteiger partial charge in [0.2, 0.25) is 5.82 Å². The molecule has 0 unspecified atom stereocenters. The third-order valence-electron chi connectivity index (χ3n) is 1.69. The minimum Gasteiger partial charge on any atom is -0.322 e.